The van der Waals surface area contributed by atoms with Crippen molar-refractivity contribution >= 4 is 11.9 Å². The summed E-state index contributed by atoms with van der Waals surface area (Å²) in [5.41, 5.74) is -0.0456. The quantitative estimate of drug-likeness (QED) is 0.278. The fourth-order valence-corrected chi connectivity index (χ4v) is 2.58. The molecule has 0 amide bonds. The van der Waals surface area contributed by atoms with Crippen LogP contribution in [0.25, 0.3) is 0 Å². The zero-order chi connectivity index (χ0) is 19.3. The van der Waals surface area contributed by atoms with Gasteiger partial charge in [0.1, 0.15) is 0 Å². The summed E-state index contributed by atoms with van der Waals surface area (Å²) >= 11 is 0. The van der Waals surface area contributed by atoms with Crippen molar-refractivity contribution in [3.8, 4) is 0 Å². The first-order valence-corrected chi connectivity index (χ1v) is 9.87. The molecule has 0 N–H and O–H groups in total. The predicted molar refractivity (Wildman–Crippen MR) is 104 cm³/mol. The second-order valence-electron chi connectivity index (χ2n) is 7.25. The summed E-state index contributed by atoms with van der Waals surface area (Å²) < 4.78 is 10.6. The van der Waals surface area contributed by atoms with E-state index >= 15 is 0 Å². The zero-order valence-electron chi connectivity index (χ0n) is 16.6. The van der Waals surface area contributed by atoms with E-state index in [1.54, 1.807) is 13.8 Å². The molecule has 4 heteroatoms. The maximum absolute atomic E-state index is 12.2. The summed E-state index contributed by atoms with van der Waals surface area (Å²) in [5, 5.41) is 0. The van der Waals surface area contributed by atoms with Crippen molar-refractivity contribution in [1.82, 2.24) is 0 Å². The molecule has 146 valence electrons. The van der Waals surface area contributed by atoms with Gasteiger partial charge in [-0.15, -0.1) is 0 Å². The van der Waals surface area contributed by atoms with Crippen molar-refractivity contribution in [2.24, 2.45) is 5.41 Å². The Morgan fingerprint density at radius 1 is 0.808 bits per heavy atom. The van der Waals surface area contributed by atoms with Gasteiger partial charge in [0.25, 0.3) is 0 Å². The van der Waals surface area contributed by atoms with E-state index in [0.717, 1.165) is 32.1 Å². The molecule has 0 unspecified atom stereocenters. The third kappa shape index (κ3) is 8.50. The molecule has 0 radical (unpaired) electrons. The molecule has 4 nitrogen and oxygen atoms in total. The van der Waals surface area contributed by atoms with Gasteiger partial charge in [-0.2, -0.15) is 0 Å². The second kappa shape index (κ2) is 12.5. The standard InChI is InChI=1S/C22H34O4/c1-4-5-6-7-8-12-17-25-20(23)22(2,3)21(24)26-18-13-16-19-14-10-9-11-15-19/h9-11,14-15H,4-8,12-13,16-18H2,1-3H3. The largest absolute Gasteiger partial charge is 0.465 e. The molecule has 0 heterocycles. The highest BCUT2D eigenvalue weighted by atomic mass is 16.6. The van der Waals surface area contributed by atoms with Crippen LogP contribution in [0.3, 0.4) is 0 Å². The Kier molecular flexibility index (Phi) is 10.7. The van der Waals surface area contributed by atoms with E-state index in [2.05, 4.69) is 6.92 Å². The molecular formula is C22H34O4. The molecule has 1 rings (SSSR count). The van der Waals surface area contributed by atoms with Crippen LogP contribution in [-0.4, -0.2) is 25.2 Å². The van der Waals surface area contributed by atoms with E-state index < -0.39 is 17.4 Å². The Morgan fingerprint density at radius 2 is 1.35 bits per heavy atom. The maximum Gasteiger partial charge on any atom is 0.322 e. The van der Waals surface area contributed by atoms with Gasteiger partial charge in [0.15, 0.2) is 5.41 Å². The predicted octanol–water partition coefficient (Wildman–Crippen LogP) is 5.09. The molecule has 0 aromatic heterocycles. The van der Waals surface area contributed by atoms with Gasteiger partial charge in [-0.25, -0.2) is 0 Å². The molecule has 0 saturated carbocycles. The van der Waals surface area contributed by atoms with E-state index in [9.17, 15) is 9.59 Å². The molecule has 0 fully saturated rings. The molecule has 0 aliphatic carbocycles. The molecule has 0 aliphatic rings. The monoisotopic (exact) mass is 362 g/mol. The molecule has 0 saturated heterocycles. The van der Waals surface area contributed by atoms with Crippen LogP contribution in [-0.2, 0) is 25.5 Å². The Bertz CT molecular complexity index is 522. The summed E-state index contributed by atoms with van der Waals surface area (Å²) in [4.78, 5) is 24.4. The van der Waals surface area contributed by atoms with Crippen molar-refractivity contribution in [2.75, 3.05) is 13.2 Å². The van der Waals surface area contributed by atoms with Gasteiger partial charge in [0.05, 0.1) is 13.2 Å². The van der Waals surface area contributed by atoms with Crippen molar-refractivity contribution < 1.29 is 19.1 Å². The lowest BCUT2D eigenvalue weighted by Gasteiger charge is -2.20. The number of carbonyl (C=O) groups excluding carboxylic acids is 2. The first-order chi connectivity index (χ1) is 12.5. The average molecular weight is 363 g/mol. The van der Waals surface area contributed by atoms with E-state index in [1.165, 1.54) is 24.8 Å². The minimum Gasteiger partial charge on any atom is -0.465 e. The third-order valence-corrected chi connectivity index (χ3v) is 4.44. The van der Waals surface area contributed by atoms with Gasteiger partial charge in [0, 0.05) is 0 Å². The van der Waals surface area contributed by atoms with Crippen LogP contribution in [0.5, 0.6) is 0 Å². The van der Waals surface area contributed by atoms with Crippen LogP contribution in [0.15, 0.2) is 30.3 Å². The lowest BCUT2D eigenvalue weighted by molar-refractivity contribution is -0.169. The Morgan fingerprint density at radius 3 is 1.96 bits per heavy atom. The molecule has 0 aliphatic heterocycles. The minimum absolute atomic E-state index is 0.307. The van der Waals surface area contributed by atoms with Gasteiger partial charge >= 0.3 is 11.9 Å². The highest BCUT2D eigenvalue weighted by molar-refractivity contribution is 5.99. The summed E-state index contributed by atoms with van der Waals surface area (Å²) in [5.74, 6) is -1.02. The number of ether oxygens (including phenoxy) is 2. The lowest BCUT2D eigenvalue weighted by atomic mass is 9.94. The van der Waals surface area contributed by atoms with Crippen molar-refractivity contribution in [3.05, 3.63) is 35.9 Å². The van der Waals surface area contributed by atoms with E-state index in [-0.39, 0.29) is 0 Å². The molecule has 0 spiro atoms. The number of benzene rings is 1. The maximum atomic E-state index is 12.2. The van der Waals surface area contributed by atoms with Crippen LogP contribution in [0.2, 0.25) is 0 Å². The highest BCUT2D eigenvalue weighted by Crippen LogP contribution is 2.20. The molecule has 1 aromatic rings. The van der Waals surface area contributed by atoms with Gasteiger partial charge < -0.3 is 9.47 Å². The number of aryl methyl sites for hydroxylation is 1. The Balaban J connectivity index is 2.20. The van der Waals surface area contributed by atoms with Crippen LogP contribution in [0.4, 0.5) is 0 Å². The van der Waals surface area contributed by atoms with E-state index in [1.807, 2.05) is 30.3 Å². The molecular weight excluding hydrogens is 328 g/mol. The number of hydrogen-bond donors (Lipinski definition) is 0. The minimum atomic E-state index is -1.26. The van der Waals surface area contributed by atoms with Gasteiger partial charge in [-0.05, 0) is 38.7 Å². The summed E-state index contributed by atoms with van der Waals surface area (Å²) in [6, 6.07) is 10.0. The SMILES string of the molecule is CCCCCCCCOC(=O)C(C)(C)C(=O)OCCCc1ccccc1. The molecule has 0 atom stereocenters. The average Bonchev–Trinajstić information content (AvgIpc) is 2.64. The number of unbranched alkanes of at least 4 members (excludes halogenated alkanes) is 5. The fourth-order valence-electron chi connectivity index (χ4n) is 2.58. The van der Waals surface area contributed by atoms with Gasteiger partial charge in [0.2, 0.25) is 0 Å². The van der Waals surface area contributed by atoms with Gasteiger partial charge in [-0.1, -0.05) is 69.4 Å². The van der Waals surface area contributed by atoms with E-state index in [4.69, 9.17) is 9.47 Å². The van der Waals surface area contributed by atoms with Crippen LogP contribution >= 0.6 is 0 Å². The Hall–Kier alpha value is -1.84. The van der Waals surface area contributed by atoms with Crippen LogP contribution in [0.1, 0.15) is 71.3 Å². The first kappa shape index (κ1) is 22.2. The lowest BCUT2D eigenvalue weighted by Crippen LogP contribution is -2.37. The molecule has 26 heavy (non-hydrogen) atoms. The van der Waals surface area contributed by atoms with Crippen molar-refractivity contribution in [1.29, 1.82) is 0 Å². The number of rotatable bonds is 13. The Labute approximate surface area is 158 Å². The fraction of sp³-hybridized carbons (Fsp3) is 0.636. The zero-order valence-corrected chi connectivity index (χ0v) is 16.6. The highest BCUT2D eigenvalue weighted by Gasteiger charge is 2.39. The summed E-state index contributed by atoms with van der Waals surface area (Å²) in [6.45, 7) is 5.99. The third-order valence-electron chi connectivity index (χ3n) is 4.44. The van der Waals surface area contributed by atoms with Crippen molar-refractivity contribution in [2.45, 2.75) is 72.1 Å². The molecule has 0 bridgehead atoms. The van der Waals surface area contributed by atoms with Crippen LogP contribution < -0.4 is 0 Å². The normalized spacial score (nSPS) is 11.2. The number of hydrogen-bond acceptors (Lipinski definition) is 4. The number of carbonyl (C=O) groups is 2. The molecule has 1 aromatic carbocycles. The van der Waals surface area contributed by atoms with Gasteiger partial charge in [-0.3, -0.25) is 9.59 Å². The second-order valence-corrected chi connectivity index (χ2v) is 7.25. The number of esters is 2. The summed E-state index contributed by atoms with van der Waals surface area (Å²) in [7, 11) is 0. The van der Waals surface area contributed by atoms with Crippen molar-refractivity contribution in [3.63, 3.8) is 0 Å². The van der Waals surface area contributed by atoms with Crippen LogP contribution in [0, 0.1) is 5.41 Å². The van der Waals surface area contributed by atoms with E-state index in [0.29, 0.717) is 13.2 Å². The summed E-state index contributed by atoms with van der Waals surface area (Å²) in [6.07, 6.45) is 8.34. The smallest absolute Gasteiger partial charge is 0.322 e. The topological polar surface area (TPSA) is 52.6 Å². The first-order valence-electron chi connectivity index (χ1n) is 9.87.